The molecule has 20 heavy (non-hydrogen) atoms. The van der Waals surface area contributed by atoms with E-state index in [1.54, 1.807) is 0 Å². The normalized spacial score (nSPS) is 12.2. The summed E-state index contributed by atoms with van der Waals surface area (Å²) in [6, 6.07) is 8.47. The summed E-state index contributed by atoms with van der Waals surface area (Å²) >= 11 is 0. The highest BCUT2D eigenvalue weighted by atomic mass is 16.4. The first-order valence-corrected chi connectivity index (χ1v) is 7.12. The molecule has 4 heteroatoms. The maximum atomic E-state index is 11.9. The average Bonchev–Trinajstić information content (AvgIpc) is 2.45. The molecule has 1 amide bonds. The predicted molar refractivity (Wildman–Crippen MR) is 78.4 cm³/mol. The molecule has 0 bridgehead atoms. The van der Waals surface area contributed by atoms with Crippen LogP contribution in [0.3, 0.4) is 0 Å². The number of carbonyl (C=O) groups excluding carboxylic acids is 1. The summed E-state index contributed by atoms with van der Waals surface area (Å²) in [5, 5.41) is 11.8. The maximum absolute atomic E-state index is 11.9. The van der Waals surface area contributed by atoms with Gasteiger partial charge in [0.05, 0.1) is 0 Å². The van der Waals surface area contributed by atoms with Crippen molar-refractivity contribution in [2.45, 2.75) is 45.6 Å². The quantitative estimate of drug-likeness (QED) is 0.767. The topological polar surface area (TPSA) is 66.4 Å². The largest absolute Gasteiger partial charge is 0.480 e. The minimum atomic E-state index is -0.994. The molecule has 2 N–H and O–H groups in total. The summed E-state index contributed by atoms with van der Waals surface area (Å²) in [6.45, 7) is 4.08. The number of carboxylic acids is 1. The van der Waals surface area contributed by atoms with Crippen LogP contribution in [0.25, 0.3) is 0 Å². The van der Waals surface area contributed by atoms with Crippen LogP contribution < -0.4 is 5.32 Å². The first kappa shape index (κ1) is 16.2. The molecule has 0 aromatic heterocycles. The molecule has 0 radical (unpaired) electrons. The summed E-state index contributed by atoms with van der Waals surface area (Å²) in [6.07, 6.45) is 2.57. The van der Waals surface area contributed by atoms with E-state index in [0.717, 1.165) is 18.4 Å². The summed E-state index contributed by atoms with van der Waals surface area (Å²) < 4.78 is 0. The molecule has 0 saturated carbocycles. The maximum Gasteiger partial charge on any atom is 0.326 e. The Hall–Kier alpha value is -1.84. The fourth-order valence-electron chi connectivity index (χ4n) is 2.14. The second-order valence-electron chi connectivity index (χ2n) is 5.03. The number of benzene rings is 1. The van der Waals surface area contributed by atoms with Crippen molar-refractivity contribution < 1.29 is 14.7 Å². The van der Waals surface area contributed by atoms with E-state index in [4.69, 9.17) is 0 Å². The summed E-state index contributed by atoms with van der Waals surface area (Å²) in [5.41, 5.74) is 0.905. The van der Waals surface area contributed by atoms with Gasteiger partial charge in [0, 0.05) is 12.8 Å². The van der Waals surface area contributed by atoms with Crippen molar-refractivity contribution >= 4 is 11.9 Å². The van der Waals surface area contributed by atoms with Crippen LogP contribution in [0.15, 0.2) is 30.3 Å². The standard InChI is InChI=1S/C16H23NO3/c1-3-12(4-2)11-15(18)17-14(16(19)20)10-13-8-6-5-7-9-13/h5-9,12,14H,3-4,10-11H2,1-2H3,(H,17,18)(H,19,20)/t14-/m0/s1. The summed E-state index contributed by atoms with van der Waals surface area (Å²) in [5.74, 6) is -0.852. The smallest absolute Gasteiger partial charge is 0.326 e. The third-order valence-corrected chi connectivity index (χ3v) is 3.54. The first-order valence-electron chi connectivity index (χ1n) is 7.12. The van der Waals surface area contributed by atoms with Crippen molar-refractivity contribution in [1.29, 1.82) is 0 Å². The van der Waals surface area contributed by atoms with Gasteiger partial charge in [-0.2, -0.15) is 0 Å². The average molecular weight is 277 g/mol. The van der Waals surface area contributed by atoms with Crippen LogP contribution in [0, 0.1) is 5.92 Å². The minimum Gasteiger partial charge on any atom is -0.480 e. The number of amides is 1. The van der Waals surface area contributed by atoms with Gasteiger partial charge in [0.2, 0.25) is 5.91 Å². The van der Waals surface area contributed by atoms with Gasteiger partial charge in [-0.15, -0.1) is 0 Å². The highest BCUT2D eigenvalue weighted by Crippen LogP contribution is 2.12. The Labute approximate surface area is 120 Å². The second kappa shape index (κ2) is 8.35. The second-order valence-corrected chi connectivity index (χ2v) is 5.03. The molecule has 1 aromatic carbocycles. The molecule has 0 heterocycles. The molecular weight excluding hydrogens is 254 g/mol. The number of aliphatic carboxylic acids is 1. The Morgan fingerprint density at radius 3 is 2.25 bits per heavy atom. The Bertz CT molecular complexity index is 427. The number of rotatable bonds is 8. The lowest BCUT2D eigenvalue weighted by Gasteiger charge is -2.17. The van der Waals surface area contributed by atoms with E-state index in [2.05, 4.69) is 5.32 Å². The van der Waals surface area contributed by atoms with Crippen molar-refractivity contribution in [3.05, 3.63) is 35.9 Å². The minimum absolute atomic E-state index is 0.179. The lowest BCUT2D eigenvalue weighted by Crippen LogP contribution is -2.42. The van der Waals surface area contributed by atoms with Gasteiger partial charge < -0.3 is 10.4 Å². The van der Waals surface area contributed by atoms with Gasteiger partial charge in [0.15, 0.2) is 0 Å². The number of carbonyl (C=O) groups is 2. The van der Waals surface area contributed by atoms with Crippen LogP contribution in [-0.4, -0.2) is 23.0 Å². The molecule has 0 fully saturated rings. The summed E-state index contributed by atoms with van der Waals surface area (Å²) in [4.78, 5) is 23.2. The van der Waals surface area contributed by atoms with E-state index < -0.39 is 12.0 Å². The zero-order valence-corrected chi connectivity index (χ0v) is 12.1. The van der Waals surface area contributed by atoms with Gasteiger partial charge >= 0.3 is 5.97 Å². The molecule has 1 rings (SSSR count). The van der Waals surface area contributed by atoms with E-state index in [0.29, 0.717) is 18.8 Å². The van der Waals surface area contributed by atoms with Crippen LogP contribution in [0.4, 0.5) is 0 Å². The Balaban J connectivity index is 2.59. The summed E-state index contributed by atoms with van der Waals surface area (Å²) in [7, 11) is 0. The number of carboxylic acid groups (broad SMARTS) is 1. The highest BCUT2D eigenvalue weighted by molar-refractivity contribution is 5.83. The SMILES string of the molecule is CCC(CC)CC(=O)N[C@@H](Cc1ccccc1)C(=O)O. The molecule has 0 unspecified atom stereocenters. The zero-order chi connectivity index (χ0) is 15.0. The van der Waals surface area contributed by atoms with Gasteiger partial charge in [-0.25, -0.2) is 4.79 Å². The molecule has 0 spiro atoms. The Kier molecular flexibility index (Phi) is 6.77. The van der Waals surface area contributed by atoms with Gasteiger partial charge in [-0.05, 0) is 11.5 Å². The van der Waals surface area contributed by atoms with Crippen LogP contribution >= 0.6 is 0 Å². The van der Waals surface area contributed by atoms with Crippen molar-refractivity contribution in [3.63, 3.8) is 0 Å². The van der Waals surface area contributed by atoms with E-state index in [1.165, 1.54) is 0 Å². The van der Waals surface area contributed by atoms with Crippen LogP contribution in [-0.2, 0) is 16.0 Å². The van der Waals surface area contributed by atoms with Gasteiger partial charge in [-0.1, -0.05) is 57.0 Å². The highest BCUT2D eigenvalue weighted by Gasteiger charge is 2.21. The Morgan fingerprint density at radius 1 is 1.15 bits per heavy atom. The molecule has 0 aliphatic heterocycles. The van der Waals surface area contributed by atoms with Crippen molar-refractivity contribution in [3.8, 4) is 0 Å². The lowest BCUT2D eigenvalue weighted by atomic mass is 9.98. The monoisotopic (exact) mass is 277 g/mol. The third-order valence-electron chi connectivity index (χ3n) is 3.54. The van der Waals surface area contributed by atoms with E-state index in [9.17, 15) is 14.7 Å². The molecular formula is C16H23NO3. The van der Waals surface area contributed by atoms with Gasteiger partial charge in [0.1, 0.15) is 6.04 Å². The molecule has 0 aliphatic rings. The molecule has 110 valence electrons. The molecule has 0 saturated heterocycles. The number of nitrogens with one attached hydrogen (secondary N) is 1. The zero-order valence-electron chi connectivity index (χ0n) is 12.1. The van der Waals surface area contributed by atoms with E-state index in [1.807, 2.05) is 44.2 Å². The van der Waals surface area contributed by atoms with Crippen LogP contribution in [0.1, 0.15) is 38.7 Å². The Morgan fingerprint density at radius 2 is 1.75 bits per heavy atom. The number of hydrogen-bond acceptors (Lipinski definition) is 2. The van der Waals surface area contributed by atoms with E-state index in [-0.39, 0.29) is 5.91 Å². The predicted octanol–water partition coefficient (Wildman–Crippen LogP) is 2.62. The first-order chi connectivity index (χ1) is 9.56. The molecule has 4 nitrogen and oxygen atoms in total. The number of hydrogen-bond donors (Lipinski definition) is 2. The molecule has 1 aromatic rings. The van der Waals surface area contributed by atoms with Gasteiger partial charge in [-0.3, -0.25) is 4.79 Å². The van der Waals surface area contributed by atoms with Crippen molar-refractivity contribution in [2.75, 3.05) is 0 Å². The van der Waals surface area contributed by atoms with E-state index >= 15 is 0 Å². The van der Waals surface area contributed by atoms with Crippen molar-refractivity contribution in [1.82, 2.24) is 5.32 Å². The van der Waals surface area contributed by atoms with Crippen LogP contribution in [0.2, 0.25) is 0 Å². The third kappa shape index (κ3) is 5.43. The van der Waals surface area contributed by atoms with Gasteiger partial charge in [0.25, 0.3) is 0 Å². The fourth-order valence-corrected chi connectivity index (χ4v) is 2.14. The fraction of sp³-hybridized carbons (Fsp3) is 0.500. The lowest BCUT2D eigenvalue weighted by molar-refractivity contribution is -0.141. The van der Waals surface area contributed by atoms with Crippen LogP contribution in [0.5, 0.6) is 0 Å². The van der Waals surface area contributed by atoms with Crippen molar-refractivity contribution in [2.24, 2.45) is 5.92 Å². The molecule has 1 atom stereocenters. The molecule has 0 aliphatic carbocycles.